The summed E-state index contributed by atoms with van der Waals surface area (Å²) in [6.07, 6.45) is 3.64. The van der Waals surface area contributed by atoms with E-state index in [-0.39, 0.29) is 5.11 Å². The van der Waals surface area contributed by atoms with Gasteiger partial charge < -0.3 is 5.73 Å². The van der Waals surface area contributed by atoms with Gasteiger partial charge in [-0.25, -0.2) is 0 Å². The third kappa shape index (κ3) is 1.73. The van der Waals surface area contributed by atoms with Gasteiger partial charge in [-0.05, 0) is 24.4 Å². The molecular formula is C5H7N3S. The molecule has 0 aliphatic heterocycles. The second-order valence-corrected chi connectivity index (χ2v) is 2.01. The number of nitrogens with two attached hydrogens (primary N) is 1. The van der Waals surface area contributed by atoms with Crippen molar-refractivity contribution in [3.05, 3.63) is 24.5 Å². The van der Waals surface area contributed by atoms with Crippen LogP contribution in [0.25, 0.3) is 0 Å². The first kappa shape index (κ1) is 6.10. The molecule has 1 aromatic rings. The molecule has 0 fully saturated rings. The van der Waals surface area contributed by atoms with Gasteiger partial charge in [0.15, 0.2) is 5.11 Å². The van der Waals surface area contributed by atoms with E-state index in [1.165, 1.54) is 0 Å². The first-order chi connectivity index (χ1) is 4.29. The Balaban J connectivity index is 2.58. The summed E-state index contributed by atoms with van der Waals surface area (Å²) < 4.78 is 1.68. The predicted octanol–water partition coefficient (Wildman–Crippen LogP) is 0.275. The summed E-state index contributed by atoms with van der Waals surface area (Å²) >= 11 is 4.59. The summed E-state index contributed by atoms with van der Waals surface area (Å²) in [7, 11) is 0. The van der Waals surface area contributed by atoms with Gasteiger partial charge >= 0.3 is 0 Å². The van der Waals surface area contributed by atoms with Crippen LogP contribution in [-0.2, 0) is 0 Å². The predicted molar refractivity (Wildman–Crippen MR) is 40.6 cm³/mol. The number of hydrogen-bond donors (Lipinski definition) is 2. The van der Waals surface area contributed by atoms with E-state index >= 15 is 0 Å². The highest BCUT2D eigenvalue weighted by Crippen LogP contribution is 1.83. The minimum atomic E-state index is 0.270. The first-order valence-corrected chi connectivity index (χ1v) is 2.89. The highest BCUT2D eigenvalue weighted by atomic mass is 32.1. The largest absolute Gasteiger partial charge is 0.375 e. The SMILES string of the molecule is NC(=S)Nn1cccc1. The number of nitrogens with zero attached hydrogens (tertiary/aromatic N) is 1. The van der Waals surface area contributed by atoms with Gasteiger partial charge in [0.2, 0.25) is 0 Å². The van der Waals surface area contributed by atoms with Crippen LogP contribution in [0.1, 0.15) is 0 Å². The fraction of sp³-hybridized carbons (Fsp3) is 0. The lowest BCUT2D eigenvalue weighted by molar-refractivity contribution is 0.992. The zero-order chi connectivity index (χ0) is 6.69. The Morgan fingerprint density at radius 2 is 2.00 bits per heavy atom. The molecule has 3 N–H and O–H groups in total. The molecule has 48 valence electrons. The molecule has 0 amide bonds. The molecule has 0 radical (unpaired) electrons. The molecule has 0 aromatic carbocycles. The second-order valence-electron chi connectivity index (χ2n) is 1.57. The van der Waals surface area contributed by atoms with Crippen LogP contribution >= 0.6 is 12.2 Å². The summed E-state index contributed by atoms with van der Waals surface area (Å²) in [6, 6.07) is 3.76. The minimum Gasteiger partial charge on any atom is -0.375 e. The number of thiocarbonyl (C=S) groups is 1. The van der Waals surface area contributed by atoms with Crippen molar-refractivity contribution in [1.82, 2.24) is 4.68 Å². The second kappa shape index (κ2) is 2.50. The van der Waals surface area contributed by atoms with Gasteiger partial charge in [0.05, 0.1) is 0 Å². The van der Waals surface area contributed by atoms with Gasteiger partial charge in [0, 0.05) is 12.4 Å². The van der Waals surface area contributed by atoms with Crippen molar-refractivity contribution in [2.75, 3.05) is 5.43 Å². The molecule has 3 nitrogen and oxygen atoms in total. The van der Waals surface area contributed by atoms with Gasteiger partial charge in [-0.3, -0.25) is 10.1 Å². The van der Waals surface area contributed by atoms with E-state index in [0.29, 0.717) is 0 Å². The molecule has 0 saturated carbocycles. The summed E-state index contributed by atoms with van der Waals surface area (Å²) in [5, 5.41) is 0.270. The van der Waals surface area contributed by atoms with Gasteiger partial charge in [0.25, 0.3) is 0 Å². The molecule has 0 spiro atoms. The number of aromatic nitrogens is 1. The van der Waals surface area contributed by atoms with Crippen LogP contribution < -0.4 is 11.2 Å². The van der Waals surface area contributed by atoms with Crippen molar-refractivity contribution in [3.63, 3.8) is 0 Å². The van der Waals surface area contributed by atoms with Crippen molar-refractivity contribution in [3.8, 4) is 0 Å². The summed E-state index contributed by atoms with van der Waals surface area (Å²) in [5.74, 6) is 0. The molecule has 1 aromatic heterocycles. The van der Waals surface area contributed by atoms with Crippen molar-refractivity contribution in [2.24, 2.45) is 5.73 Å². The van der Waals surface area contributed by atoms with E-state index in [1.807, 2.05) is 24.5 Å². The van der Waals surface area contributed by atoms with Crippen molar-refractivity contribution in [1.29, 1.82) is 0 Å². The Hall–Kier alpha value is -1.03. The fourth-order valence-corrected chi connectivity index (χ4v) is 0.642. The molecular weight excluding hydrogens is 134 g/mol. The van der Waals surface area contributed by atoms with Crippen LogP contribution in [-0.4, -0.2) is 9.79 Å². The fourth-order valence-electron chi connectivity index (χ4n) is 0.536. The Kier molecular flexibility index (Phi) is 1.69. The third-order valence-electron chi connectivity index (χ3n) is 0.844. The zero-order valence-electron chi connectivity index (χ0n) is 4.74. The molecule has 1 rings (SSSR count). The highest BCUT2D eigenvalue weighted by Gasteiger charge is 1.84. The number of nitrogens with one attached hydrogen (secondary N) is 1. The smallest absolute Gasteiger partial charge is 0.182 e. The maximum atomic E-state index is 5.18. The minimum absolute atomic E-state index is 0.270. The molecule has 0 bridgehead atoms. The maximum Gasteiger partial charge on any atom is 0.182 e. The van der Waals surface area contributed by atoms with Crippen LogP contribution in [0.15, 0.2) is 24.5 Å². The third-order valence-corrected chi connectivity index (χ3v) is 0.935. The summed E-state index contributed by atoms with van der Waals surface area (Å²) in [5.41, 5.74) is 7.89. The summed E-state index contributed by atoms with van der Waals surface area (Å²) in [6.45, 7) is 0. The lowest BCUT2D eigenvalue weighted by Gasteiger charge is -2.01. The Morgan fingerprint density at radius 1 is 1.44 bits per heavy atom. The molecule has 0 atom stereocenters. The van der Waals surface area contributed by atoms with Crippen molar-refractivity contribution in [2.45, 2.75) is 0 Å². The Bertz CT molecular complexity index is 192. The quantitative estimate of drug-likeness (QED) is 0.552. The molecule has 0 saturated heterocycles. The highest BCUT2D eigenvalue weighted by molar-refractivity contribution is 7.80. The normalized spacial score (nSPS) is 8.89. The zero-order valence-corrected chi connectivity index (χ0v) is 5.56. The van der Waals surface area contributed by atoms with E-state index in [0.717, 1.165) is 0 Å². The monoisotopic (exact) mass is 141 g/mol. The van der Waals surface area contributed by atoms with Crippen LogP contribution in [0.5, 0.6) is 0 Å². The lowest BCUT2D eigenvalue weighted by atomic mass is 10.7. The van der Waals surface area contributed by atoms with E-state index < -0.39 is 0 Å². The average Bonchev–Trinajstić information content (AvgIpc) is 2.15. The van der Waals surface area contributed by atoms with Crippen LogP contribution in [0, 0.1) is 0 Å². The van der Waals surface area contributed by atoms with Crippen LogP contribution in [0.4, 0.5) is 0 Å². The summed E-state index contributed by atoms with van der Waals surface area (Å²) in [4.78, 5) is 0. The number of rotatable bonds is 1. The van der Waals surface area contributed by atoms with Crippen LogP contribution in [0.2, 0.25) is 0 Å². The lowest BCUT2D eigenvalue weighted by Crippen LogP contribution is -2.26. The van der Waals surface area contributed by atoms with E-state index in [9.17, 15) is 0 Å². The van der Waals surface area contributed by atoms with Crippen LogP contribution in [0.3, 0.4) is 0 Å². The standard InChI is InChI=1S/C5H7N3S/c6-5(9)7-8-3-1-2-4-8/h1-4H,(H3,6,7,9). The van der Waals surface area contributed by atoms with Gasteiger partial charge in [-0.2, -0.15) is 0 Å². The van der Waals surface area contributed by atoms with Crippen molar-refractivity contribution < 1.29 is 0 Å². The maximum absolute atomic E-state index is 5.18. The van der Waals surface area contributed by atoms with Crippen molar-refractivity contribution >= 4 is 17.3 Å². The average molecular weight is 141 g/mol. The van der Waals surface area contributed by atoms with E-state index in [1.54, 1.807) is 4.68 Å². The molecule has 0 aliphatic rings. The molecule has 4 heteroatoms. The van der Waals surface area contributed by atoms with E-state index in [2.05, 4.69) is 17.6 Å². The first-order valence-electron chi connectivity index (χ1n) is 2.48. The Morgan fingerprint density at radius 3 is 2.44 bits per heavy atom. The van der Waals surface area contributed by atoms with E-state index in [4.69, 9.17) is 5.73 Å². The molecule has 0 aliphatic carbocycles. The molecule has 1 heterocycles. The Labute approximate surface area is 58.4 Å². The van der Waals surface area contributed by atoms with Gasteiger partial charge in [-0.1, -0.05) is 0 Å². The topological polar surface area (TPSA) is 43.0 Å². The van der Waals surface area contributed by atoms with Gasteiger partial charge in [-0.15, -0.1) is 0 Å². The number of hydrogen-bond acceptors (Lipinski definition) is 1. The molecule has 0 unspecified atom stereocenters. The molecule has 9 heavy (non-hydrogen) atoms. The van der Waals surface area contributed by atoms with Gasteiger partial charge in [0.1, 0.15) is 0 Å².